The van der Waals surface area contributed by atoms with Crippen LogP contribution in [0.2, 0.25) is 0 Å². The zero-order valence-electron chi connectivity index (χ0n) is 11.5. The second-order valence-electron chi connectivity index (χ2n) is 4.40. The van der Waals surface area contributed by atoms with Crippen LogP contribution in [-0.4, -0.2) is 18.9 Å². The number of rotatable bonds is 3. The summed E-state index contributed by atoms with van der Waals surface area (Å²) in [6, 6.07) is 4.43. The Bertz CT molecular complexity index is 965. The summed E-state index contributed by atoms with van der Waals surface area (Å²) in [6.07, 6.45) is 0. The predicted octanol–water partition coefficient (Wildman–Crippen LogP) is 3.92. The Morgan fingerprint density at radius 2 is 1.52 bits per heavy atom. The van der Waals surface area contributed by atoms with E-state index in [4.69, 9.17) is 4.55 Å². The third-order valence-corrected chi connectivity index (χ3v) is 5.27. The molecular weight excluding hydrogens is 598 g/mol. The van der Waals surface area contributed by atoms with Gasteiger partial charge in [0.15, 0.2) is 16.5 Å². The fraction of sp³-hybridized carbons (Fsp3) is 0. The van der Waals surface area contributed by atoms with Crippen molar-refractivity contribution in [2.24, 2.45) is 0 Å². The van der Waals surface area contributed by atoms with Crippen molar-refractivity contribution in [2.75, 3.05) is 0 Å². The Morgan fingerprint density at radius 3 is 2.00 bits per heavy atom. The van der Waals surface area contributed by atoms with Gasteiger partial charge < -0.3 is 4.74 Å². The molecule has 0 aliphatic heterocycles. The molecule has 134 valence electrons. The van der Waals surface area contributed by atoms with Crippen LogP contribution >= 0.6 is 45.2 Å². The van der Waals surface area contributed by atoms with E-state index in [0.29, 0.717) is 7.14 Å². The Kier molecular flexibility index (Phi) is 5.95. The Morgan fingerprint density at radius 1 is 1.00 bits per heavy atom. The summed E-state index contributed by atoms with van der Waals surface area (Å²) in [6.45, 7) is 0. The lowest BCUT2D eigenvalue weighted by Gasteiger charge is -2.11. The van der Waals surface area contributed by atoms with Gasteiger partial charge in [-0.15, -0.1) is 0 Å². The molecule has 2 aromatic carbocycles. The molecule has 0 bridgehead atoms. The van der Waals surface area contributed by atoms with E-state index < -0.39 is 50.0 Å². The summed E-state index contributed by atoms with van der Waals surface area (Å²) < 4.78 is 90.7. The third-order valence-electron chi connectivity index (χ3n) is 2.78. The zero-order valence-corrected chi connectivity index (χ0v) is 16.6. The fourth-order valence-corrected chi connectivity index (χ4v) is 3.39. The molecule has 1 N–H and O–H groups in total. The number of hydrogen-bond donors (Lipinski definition) is 1. The van der Waals surface area contributed by atoms with Crippen molar-refractivity contribution in [3.8, 4) is 5.75 Å². The molecule has 0 heterocycles. The normalized spacial score (nSPS) is 11.5. The zero-order chi connectivity index (χ0) is 19.1. The van der Waals surface area contributed by atoms with Crippen molar-refractivity contribution < 1.29 is 40.1 Å². The predicted molar refractivity (Wildman–Crippen MR) is 92.9 cm³/mol. The maximum Gasteiger partial charge on any atom is 0.344 e. The maximum absolute atomic E-state index is 13.9. The minimum Gasteiger partial charge on any atom is -0.416 e. The van der Waals surface area contributed by atoms with Crippen LogP contribution in [0.1, 0.15) is 10.4 Å². The summed E-state index contributed by atoms with van der Waals surface area (Å²) in [7, 11) is -5.59. The molecule has 12 heteroatoms. The lowest BCUT2D eigenvalue weighted by Crippen LogP contribution is -2.16. The molecule has 25 heavy (non-hydrogen) atoms. The molecule has 0 fully saturated rings. The van der Waals surface area contributed by atoms with Crippen LogP contribution in [0, 0.1) is 30.4 Å². The van der Waals surface area contributed by atoms with Crippen LogP contribution in [0.15, 0.2) is 23.1 Å². The molecule has 0 unspecified atom stereocenters. The highest BCUT2D eigenvalue weighted by Gasteiger charge is 2.34. The van der Waals surface area contributed by atoms with Gasteiger partial charge in [0.25, 0.3) is 0 Å². The molecule has 0 aromatic heterocycles. The van der Waals surface area contributed by atoms with Crippen molar-refractivity contribution in [1.29, 1.82) is 0 Å². The summed E-state index contributed by atoms with van der Waals surface area (Å²) >= 11 is 3.58. The first-order chi connectivity index (χ1) is 11.4. The molecule has 0 aliphatic rings. The first kappa shape index (κ1) is 20.3. The van der Waals surface area contributed by atoms with Crippen molar-refractivity contribution in [2.45, 2.75) is 4.90 Å². The van der Waals surface area contributed by atoms with E-state index in [9.17, 15) is 30.8 Å². The van der Waals surface area contributed by atoms with Crippen LogP contribution < -0.4 is 4.74 Å². The summed E-state index contributed by atoms with van der Waals surface area (Å²) in [5.41, 5.74) is -0.133. The molecule has 0 atom stereocenters. The molecule has 0 aliphatic carbocycles. The molecule has 5 nitrogen and oxygen atoms in total. The number of hydrogen-bond acceptors (Lipinski definition) is 4. The van der Waals surface area contributed by atoms with Crippen LogP contribution in [-0.2, 0) is 10.1 Å². The highest BCUT2D eigenvalue weighted by molar-refractivity contribution is 14.1. The van der Waals surface area contributed by atoms with E-state index in [-0.39, 0.29) is 5.56 Å². The minimum absolute atomic E-state index is 0.133. The highest BCUT2D eigenvalue weighted by Crippen LogP contribution is 2.33. The number of carbonyl (C=O) groups is 1. The summed E-state index contributed by atoms with van der Waals surface area (Å²) in [5, 5.41) is 0. The van der Waals surface area contributed by atoms with Crippen LogP contribution in [0.5, 0.6) is 5.75 Å². The van der Waals surface area contributed by atoms with Gasteiger partial charge in [0, 0.05) is 7.14 Å². The number of ether oxygens (including phenoxy) is 1. The average molecular weight is 602 g/mol. The Balaban J connectivity index is 2.58. The number of benzene rings is 2. The monoisotopic (exact) mass is 602 g/mol. The standard InChI is InChI=1S/C13H4F4I2O5S/c14-7-9(16)12(25(21,22)23)10(17)8(15)11(7)24-13(20)5-3-4(18)1-2-6(5)19/h1-3H,(H,21,22,23). The minimum atomic E-state index is -5.59. The van der Waals surface area contributed by atoms with Gasteiger partial charge in [-0.25, -0.2) is 13.6 Å². The average Bonchev–Trinajstić information content (AvgIpc) is 2.50. The van der Waals surface area contributed by atoms with Gasteiger partial charge in [0.2, 0.25) is 17.4 Å². The van der Waals surface area contributed by atoms with E-state index in [2.05, 4.69) is 4.74 Å². The molecule has 2 rings (SSSR count). The molecule has 0 amide bonds. The number of halogens is 6. The first-order valence-corrected chi connectivity index (χ1v) is 9.55. The van der Waals surface area contributed by atoms with Gasteiger partial charge in [-0.1, -0.05) is 0 Å². The Labute approximate surface area is 165 Å². The van der Waals surface area contributed by atoms with Gasteiger partial charge in [-0.3, -0.25) is 4.55 Å². The molecule has 2 aromatic rings. The van der Waals surface area contributed by atoms with Crippen molar-refractivity contribution in [1.82, 2.24) is 0 Å². The van der Waals surface area contributed by atoms with Gasteiger partial charge in [-0.2, -0.15) is 17.2 Å². The number of carbonyl (C=O) groups excluding carboxylic acids is 1. The quantitative estimate of drug-likeness (QED) is 0.144. The number of esters is 1. The van der Waals surface area contributed by atoms with Crippen LogP contribution in [0.4, 0.5) is 17.6 Å². The molecule has 0 spiro atoms. The van der Waals surface area contributed by atoms with Gasteiger partial charge in [0.05, 0.1) is 5.56 Å². The first-order valence-electron chi connectivity index (χ1n) is 5.95. The van der Waals surface area contributed by atoms with Gasteiger partial charge >= 0.3 is 16.1 Å². The smallest absolute Gasteiger partial charge is 0.344 e. The Hall–Kier alpha value is -1.00. The molecular formula is C13H4F4I2O5S. The van der Waals surface area contributed by atoms with E-state index >= 15 is 0 Å². The van der Waals surface area contributed by atoms with Crippen LogP contribution in [0.3, 0.4) is 0 Å². The van der Waals surface area contributed by atoms with E-state index in [0.717, 1.165) is 0 Å². The highest BCUT2D eigenvalue weighted by atomic mass is 127. The van der Waals surface area contributed by atoms with Crippen molar-refractivity contribution >= 4 is 61.3 Å². The SMILES string of the molecule is O=C(Oc1c(F)c(F)c(S(=O)(=O)O)c(F)c1F)c1cc(I)ccc1I. The van der Waals surface area contributed by atoms with Crippen molar-refractivity contribution in [3.05, 3.63) is 54.2 Å². The fourth-order valence-electron chi connectivity index (χ4n) is 1.71. The second kappa shape index (κ2) is 7.32. The van der Waals surface area contributed by atoms with Crippen LogP contribution in [0.25, 0.3) is 0 Å². The maximum atomic E-state index is 13.9. The largest absolute Gasteiger partial charge is 0.416 e. The second-order valence-corrected chi connectivity index (χ2v) is 8.17. The van der Waals surface area contributed by atoms with Gasteiger partial charge in [-0.05, 0) is 63.4 Å². The topological polar surface area (TPSA) is 80.7 Å². The summed E-state index contributed by atoms with van der Waals surface area (Å²) in [4.78, 5) is 9.80. The van der Waals surface area contributed by atoms with E-state index in [1.807, 2.05) is 22.6 Å². The van der Waals surface area contributed by atoms with E-state index in [1.165, 1.54) is 12.1 Å². The van der Waals surface area contributed by atoms with Crippen molar-refractivity contribution in [3.63, 3.8) is 0 Å². The molecule has 0 radical (unpaired) electrons. The van der Waals surface area contributed by atoms with Gasteiger partial charge in [0.1, 0.15) is 0 Å². The molecule has 0 saturated heterocycles. The third kappa shape index (κ3) is 4.06. The summed E-state index contributed by atoms with van der Waals surface area (Å²) in [5.74, 6) is -12.5. The molecule has 0 saturated carbocycles. The lowest BCUT2D eigenvalue weighted by atomic mass is 10.2. The lowest BCUT2D eigenvalue weighted by molar-refractivity contribution is 0.0715. The van der Waals surface area contributed by atoms with E-state index in [1.54, 1.807) is 28.7 Å².